The number of nitrogens with zero attached hydrogens (tertiary/aromatic N) is 1. The van der Waals surface area contributed by atoms with Gasteiger partial charge in [0.05, 0.1) is 31.4 Å². The van der Waals surface area contributed by atoms with Gasteiger partial charge in [-0.2, -0.15) is 0 Å². The molecule has 2 aromatic rings. The highest BCUT2D eigenvalue weighted by Crippen LogP contribution is 2.32. The van der Waals surface area contributed by atoms with E-state index >= 15 is 0 Å². The van der Waals surface area contributed by atoms with Crippen LogP contribution in [0.15, 0.2) is 36.4 Å². The van der Waals surface area contributed by atoms with Crippen molar-refractivity contribution >= 4 is 11.8 Å². The molecule has 1 aromatic heterocycles. The number of methoxy groups -OCH3 is 2. The molecule has 0 N–H and O–H groups in total. The number of ketones is 1. The van der Waals surface area contributed by atoms with E-state index in [1.54, 1.807) is 25.3 Å². The lowest BCUT2D eigenvalue weighted by Gasteiger charge is -2.24. The molecule has 1 aliphatic heterocycles. The van der Waals surface area contributed by atoms with Crippen LogP contribution in [0, 0.1) is 0 Å². The topological polar surface area (TPSA) is 57.5 Å². The number of rotatable bonds is 4. The molecule has 0 bridgehead atoms. The predicted molar refractivity (Wildman–Crippen MR) is 84.8 cm³/mol. The smallest absolute Gasteiger partial charge is 0.314 e. The fraction of sp³-hybridized carbons (Fsp3) is 0.333. The van der Waals surface area contributed by atoms with E-state index in [1.807, 2.05) is 22.8 Å². The van der Waals surface area contributed by atoms with Crippen molar-refractivity contribution in [3.05, 3.63) is 53.3 Å². The third kappa shape index (κ3) is 2.63. The summed E-state index contributed by atoms with van der Waals surface area (Å²) in [7, 11) is 2.94. The Labute approximate surface area is 134 Å². The van der Waals surface area contributed by atoms with E-state index in [9.17, 15) is 9.59 Å². The van der Waals surface area contributed by atoms with Crippen LogP contribution in [0.25, 0.3) is 0 Å². The summed E-state index contributed by atoms with van der Waals surface area (Å²) < 4.78 is 12.1. The van der Waals surface area contributed by atoms with Gasteiger partial charge in [0.15, 0.2) is 0 Å². The zero-order valence-electron chi connectivity index (χ0n) is 13.2. The van der Waals surface area contributed by atoms with E-state index in [0.717, 1.165) is 25.1 Å². The van der Waals surface area contributed by atoms with Crippen LogP contribution < -0.4 is 4.74 Å². The molecule has 1 atom stereocenters. The van der Waals surface area contributed by atoms with Crippen LogP contribution in [-0.4, -0.2) is 30.5 Å². The molecule has 5 heteroatoms. The second-order valence-corrected chi connectivity index (χ2v) is 5.54. The molecule has 1 aliphatic rings. The third-order valence-corrected chi connectivity index (χ3v) is 4.32. The highest BCUT2D eigenvalue weighted by atomic mass is 16.5. The van der Waals surface area contributed by atoms with Crippen LogP contribution in [0.1, 0.15) is 40.5 Å². The minimum Gasteiger partial charge on any atom is -0.496 e. The van der Waals surface area contributed by atoms with Crippen molar-refractivity contribution in [3.8, 4) is 5.75 Å². The fourth-order valence-electron chi connectivity index (χ4n) is 3.19. The molecular weight excluding hydrogens is 294 g/mol. The summed E-state index contributed by atoms with van der Waals surface area (Å²) in [6.07, 6.45) is 1.59. The van der Waals surface area contributed by atoms with Crippen molar-refractivity contribution in [2.45, 2.75) is 25.3 Å². The molecule has 0 radical (unpaired) electrons. The van der Waals surface area contributed by atoms with Crippen molar-refractivity contribution in [1.29, 1.82) is 0 Å². The lowest BCUT2D eigenvalue weighted by molar-refractivity contribution is -0.143. The summed E-state index contributed by atoms with van der Waals surface area (Å²) in [5, 5.41) is 0. The third-order valence-electron chi connectivity index (χ3n) is 4.32. The molecular formula is C18H19NO4. The van der Waals surface area contributed by atoms with Crippen LogP contribution in [-0.2, 0) is 16.1 Å². The number of para-hydroxylation sites is 1. The number of fused-ring (bicyclic) bond motifs is 1. The number of hydrogen-bond donors (Lipinski definition) is 0. The molecule has 2 heterocycles. The molecule has 0 amide bonds. The van der Waals surface area contributed by atoms with Gasteiger partial charge in [-0.3, -0.25) is 9.59 Å². The number of carbonyl (C=O) groups excluding carboxylic acids is 2. The number of benzene rings is 1. The summed E-state index contributed by atoms with van der Waals surface area (Å²) >= 11 is 0. The second-order valence-electron chi connectivity index (χ2n) is 5.54. The van der Waals surface area contributed by atoms with Gasteiger partial charge in [-0.25, -0.2) is 0 Å². The van der Waals surface area contributed by atoms with Gasteiger partial charge in [0.1, 0.15) is 5.75 Å². The molecule has 0 saturated heterocycles. The molecule has 3 rings (SSSR count). The Morgan fingerprint density at radius 3 is 2.65 bits per heavy atom. The van der Waals surface area contributed by atoms with Crippen molar-refractivity contribution in [3.63, 3.8) is 0 Å². The van der Waals surface area contributed by atoms with E-state index in [-0.39, 0.29) is 17.7 Å². The average molecular weight is 313 g/mol. The molecule has 1 unspecified atom stereocenters. The highest BCUT2D eigenvalue weighted by molar-refractivity contribution is 6.10. The second kappa shape index (κ2) is 6.28. The summed E-state index contributed by atoms with van der Waals surface area (Å²) in [4.78, 5) is 24.8. The molecule has 0 fully saturated rings. The number of ether oxygens (including phenoxy) is 2. The van der Waals surface area contributed by atoms with E-state index in [2.05, 4.69) is 0 Å². The molecule has 5 nitrogen and oxygen atoms in total. The molecule has 0 saturated carbocycles. The Hall–Kier alpha value is -2.56. The van der Waals surface area contributed by atoms with E-state index in [0.29, 0.717) is 17.0 Å². The van der Waals surface area contributed by atoms with Crippen LogP contribution in [0.4, 0.5) is 0 Å². The monoisotopic (exact) mass is 313 g/mol. The fourth-order valence-corrected chi connectivity index (χ4v) is 3.19. The van der Waals surface area contributed by atoms with Gasteiger partial charge >= 0.3 is 5.97 Å². The van der Waals surface area contributed by atoms with Crippen molar-refractivity contribution in [2.24, 2.45) is 0 Å². The SMILES string of the molecule is COC(=O)C1CCCn2c(C(=O)c3ccccc3OC)ccc21. The zero-order chi connectivity index (χ0) is 16.4. The maximum atomic E-state index is 12.9. The van der Waals surface area contributed by atoms with Crippen molar-refractivity contribution in [2.75, 3.05) is 14.2 Å². The number of aromatic nitrogens is 1. The Morgan fingerprint density at radius 2 is 1.91 bits per heavy atom. The van der Waals surface area contributed by atoms with Gasteiger partial charge in [-0.05, 0) is 37.1 Å². The number of carbonyl (C=O) groups is 2. The first-order valence-corrected chi connectivity index (χ1v) is 7.62. The summed E-state index contributed by atoms with van der Waals surface area (Å²) in [5.74, 6) is -0.0964. The van der Waals surface area contributed by atoms with Gasteiger partial charge in [0, 0.05) is 12.2 Å². The zero-order valence-corrected chi connectivity index (χ0v) is 13.2. The van der Waals surface area contributed by atoms with Crippen LogP contribution in [0.3, 0.4) is 0 Å². The van der Waals surface area contributed by atoms with Crippen molar-refractivity contribution < 1.29 is 19.1 Å². The maximum Gasteiger partial charge on any atom is 0.314 e. The normalized spacial score (nSPS) is 16.5. The lowest BCUT2D eigenvalue weighted by atomic mass is 9.96. The Balaban J connectivity index is 2.01. The van der Waals surface area contributed by atoms with Gasteiger partial charge in [-0.1, -0.05) is 12.1 Å². The molecule has 0 aliphatic carbocycles. The molecule has 1 aromatic carbocycles. The molecule has 120 valence electrons. The standard InChI is InChI=1S/C18H19NO4/c1-22-16-8-4-3-6-13(16)17(20)15-10-9-14-12(18(21)23-2)7-5-11-19(14)15/h3-4,6,8-10,12H,5,7,11H2,1-2H3. The van der Waals surface area contributed by atoms with Crippen LogP contribution in [0.2, 0.25) is 0 Å². The first kappa shape index (κ1) is 15.3. The number of hydrogen-bond acceptors (Lipinski definition) is 4. The molecule has 23 heavy (non-hydrogen) atoms. The van der Waals surface area contributed by atoms with Gasteiger partial charge < -0.3 is 14.0 Å². The Morgan fingerprint density at radius 1 is 1.13 bits per heavy atom. The quantitative estimate of drug-likeness (QED) is 0.643. The van der Waals surface area contributed by atoms with E-state index in [4.69, 9.17) is 9.47 Å². The predicted octanol–water partition coefficient (Wildman–Crippen LogP) is 2.78. The van der Waals surface area contributed by atoms with Crippen LogP contribution >= 0.6 is 0 Å². The average Bonchev–Trinajstić information content (AvgIpc) is 3.04. The molecule has 0 spiro atoms. The summed E-state index contributed by atoms with van der Waals surface area (Å²) in [5.41, 5.74) is 1.95. The van der Waals surface area contributed by atoms with E-state index < -0.39 is 0 Å². The Bertz CT molecular complexity index is 747. The largest absolute Gasteiger partial charge is 0.496 e. The number of esters is 1. The minimum absolute atomic E-state index is 0.0979. The lowest BCUT2D eigenvalue weighted by Crippen LogP contribution is -2.25. The summed E-state index contributed by atoms with van der Waals surface area (Å²) in [6.45, 7) is 0.728. The van der Waals surface area contributed by atoms with Gasteiger partial charge in [0.2, 0.25) is 5.78 Å². The van der Waals surface area contributed by atoms with Gasteiger partial charge in [0.25, 0.3) is 0 Å². The maximum absolute atomic E-state index is 12.9. The first-order valence-electron chi connectivity index (χ1n) is 7.62. The highest BCUT2D eigenvalue weighted by Gasteiger charge is 2.30. The first-order chi connectivity index (χ1) is 11.2. The van der Waals surface area contributed by atoms with E-state index in [1.165, 1.54) is 7.11 Å². The minimum atomic E-state index is -0.298. The summed E-state index contributed by atoms with van der Waals surface area (Å²) in [6, 6.07) is 10.8. The van der Waals surface area contributed by atoms with Crippen LogP contribution in [0.5, 0.6) is 5.75 Å². The van der Waals surface area contributed by atoms with Gasteiger partial charge in [-0.15, -0.1) is 0 Å². The van der Waals surface area contributed by atoms with Crippen molar-refractivity contribution in [1.82, 2.24) is 4.57 Å². The Kier molecular flexibility index (Phi) is 4.19.